The van der Waals surface area contributed by atoms with E-state index in [4.69, 9.17) is 38.2 Å². The molecule has 1 fully saturated rings. The zero-order valence-corrected chi connectivity index (χ0v) is 13.1. The number of nitrogens with two attached hydrogens (primary N) is 1. The summed E-state index contributed by atoms with van der Waals surface area (Å²) in [6, 6.07) is 3.61. The van der Waals surface area contributed by atoms with Gasteiger partial charge in [-0.2, -0.15) is 0 Å². The fourth-order valence-electron chi connectivity index (χ4n) is 1.93. The summed E-state index contributed by atoms with van der Waals surface area (Å²) in [6.45, 7) is 8.32. The lowest BCUT2D eigenvalue weighted by atomic mass is 9.79. The molecular formula is C13H18BCl2NO2. The Balaban J connectivity index is 2.35. The molecule has 2 rings (SSSR count). The fraction of sp³-hybridized carbons (Fsp3) is 0.538. The van der Waals surface area contributed by atoms with Crippen molar-refractivity contribution in [2.24, 2.45) is 5.73 Å². The van der Waals surface area contributed by atoms with Gasteiger partial charge >= 0.3 is 7.12 Å². The number of rotatable bonds is 2. The van der Waals surface area contributed by atoms with E-state index >= 15 is 0 Å². The SMILES string of the molecule is CC1(C)OB(c2cc(Cl)c(CN)c(Cl)c2)OC1(C)C. The molecule has 1 saturated heterocycles. The number of hydrogen-bond acceptors (Lipinski definition) is 3. The Morgan fingerprint density at radius 3 is 1.84 bits per heavy atom. The van der Waals surface area contributed by atoms with Crippen LogP contribution in [0.25, 0.3) is 0 Å². The van der Waals surface area contributed by atoms with Gasteiger partial charge in [0.25, 0.3) is 0 Å². The van der Waals surface area contributed by atoms with Crippen molar-refractivity contribution in [3.63, 3.8) is 0 Å². The normalized spacial score (nSPS) is 20.9. The van der Waals surface area contributed by atoms with Gasteiger partial charge in [0.1, 0.15) is 0 Å². The van der Waals surface area contributed by atoms with Crippen LogP contribution < -0.4 is 11.2 Å². The molecule has 0 unspecified atom stereocenters. The molecule has 0 aliphatic carbocycles. The Kier molecular flexibility index (Phi) is 3.93. The Labute approximate surface area is 124 Å². The highest BCUT2D eigenvalue weighted by atomic mass is 35.5. The van der Waals surface area contributed by atoms with Crippen molar-refractivity contribution in [3.05, 3.63) is 27.7 Å². The van der Waals surface area contributed by atoms with Gasteiger partial charge in [-0.05, 0) is 45.3 Å². The summed E-state index contributed by atoms with van der Waals surface area (Å²) >= 11 is 12.4. The molecule has 0 aromatic heterocycles. The van der Waals surface area contributed by atoms with Gasteiger partial charge in [0.05, 0.1) is 11.2 Å². The van der Waals surface area contributed by atoms with Crippen molar-refractivity contribution >= 4 is 35.8 Å². The molecule has 3 nitrogen and oxygen atoms in total. The van der Waals surface area contributed by atoms with Crippen molar-refractivity contribution in [2.45, 2.75) is 45.4 Å². The minimum Gasteiger partial charge on any atom is -0.399 e. The van der Waals surface area contributed by atoms with E-state index in [1.165, 1.54) is 0 Å². The average molecular weight is 302 g/mol. The predicted octanol–water partition coefficient (Wildman–Crippen LogP) is 2.75. The topological polar surface area (TPSA) is 44.5 Å². The molecule has 0 saturated carbocycles. The number of halogens is 2. The minimum atomic E-state index is -0.466. The van der Waals surface area contributed by atoms with Crippen molar-refractivity contribution in [2.75, 3.05) is 0 Å². The zero-order chi connectivity index (χ0) is 14.4. The highest BCUT2D eigenvalue weighted by Crippen LogP contribution is 2.37. The molecule has 2 N–H and O–H groups in total. The summed E-state index contributed by atoms with van der Waals surface area (Å²) in [4.78, 5) is 0. The third-order valence-electron chi connectivity index (χ3n) is 3.89. The van der Waals surface area contributed by atoms with Crippen molar-refractivity contribution in [1.82, 2.24) is 0 Å². The molecule has 0 atom stereocenters. The maximum atomic E-state index is 6.18. The van der Waals surface area contributed by atoms with Gasteiger partial charge in [-0.25, -0.2) is 0 Å². The van der Waals surface area contributed by atoms with E-state index in [9.17, 15) is 0 Å². The van der Waals surface area contributed by atoms with Crippen LogP contribution in [0, 0.1) is 0 Å². The zero-order valence-electron chi connectivity index (χ0n) is 11.6. The summed E-state index contributed by atoms with van der Waals surface area (Å²) in [7, 11) is -0.466. The van der Waals surface area contributed by atoms with E-state index in [1.807, 2.05) is 27.7 Å². The van der Waals surface area contributed by atoms with Crippen LogP contribution in [0.1, 0.15) is 33.3 Å². The summed E-state index contributed by atoms with van der Waals surface area (Å²) in [6.07, 6.45) is 0. The van der Waals surface area contributed by atoms with E-state index in [0.717, 1.165) is 11.0 Å². The van der Waals surface area contributed by atoms with E-state index in [1.54, 1.807) is 12.1 Å². The summed E-state index contributed by atoms with van der Waals surface area (Å²) in [5.41, 5.74) is 6.39. The molecule has 1 heterocycles. The van der Waals surface area contributed by atoms with Gasteiger partial charge in [0, 0.05) is 22.2 Å². The lowest BCUT2D eigenvalue weighted by molar-refractivity contribution is 0.00578. The van der Waals surface area contributed by atoms with Gasteiger partial charge in [0.2, 0.25) is 0 Å². The van der Waals surface area contributed by atoms with Gasteiger partial charge in [-0.15, -0.1) is 0 Å². The van der Waals surface area contributed by atoms with Crippen LogP contribution in [0.3, 0.4) is 0 Å². The molecule has 0 radical (unpaired) electrons. The second-order valence-electron chi connectivity index (χ2n) is 5.76. The van der Waals surface area contributed by atoms with Crippen LogP contribution in [0.2, 0.25) is 10.0 Å². The second kappa shape index (κ2) is 4.94. The Morgan fingerprint density at radius 1 is 1.05 bits per heavy atom. The van der Waals surface area contributed by atoms with Gasteiger partial charge in [-0.1, -0.05) is 23.2 Å². The van der Waals surface area contributed by atoms with E-state index < -0.39 is 7.12 Å². The van der Waals surface area contributed by atoms with Crippen LogP contribution in [0.4, 0.5) is 0 Å². The first-order valence-electron chi connectivity index (χ1n) is 6.21. The molecule has 1 aromatic rings. The minimum absolute atomic E-state index is 0.307. The molecule has 1 aliphatic heterocycles. The number of benzene rings is 1. The van der Waals surface area contributed by atoms with E-state index in [0.29, 0.717) is 16.6 Å². The maximum Gasteiger partial charge on any atom is 0.494 e. The second-order valence-corrected chi connectivity index (χ2v) is 6.57. The van der Waals surface area contributed by atoms with Crippen LogP contribution in [-0.4, -0.2) is 18.3 Å². The third kappa shape index (κ3) is 2.65. The molecule has 0 bridgehead atoms. The Morgan fingerprint density at radius 2 is 1.47 bits per heavy atom. The van der Waals surface area contributed by atoms with Crippen LogP contribution in [0.5, 0.6) is 0 Å². The first-order valence-corrected chi connectivity index (χ1v) is 6.97. The highest BCUT2D eigenvalue weighted by molar-refractivity contribution is 6.62. The van der Waals surface area contributed by atoms with Crippen molar-refractivity contribution < 1.29 is 9.31 Å². The molecule has 0 spiro atoms. The quantitative estimate of drug-likeness (QED) is 0.854. The molecule has 6 heteroatoms. The van der Waals surface area contributed by atoms with Gasteiger partial charge in [0.15, 0.2) is 0 Å². The highest BCUT2D eigenvalue weighted by Gasteiger charge is 2.51. The van der Waals surface area contributed by atoms with E-state index in [2.05, 4.69) is 0 Å². The predicted molar refractivity (Wildman–Crippen MR) is 80.1 cm³/mol. The number of hydrogen-bond donors (Lipinski definition) is 1. The molecule has 1 aliphatic rings. The molecule has 19 heavy (non-hydrogen) atoms. The first kappa shape index (κ1) is 15.1. The first-order chi connectivity index (χ1) is 8.68. The summed E-state index contributed by atoms with van der Waals surface area (Å²) in [5.74, 6) is 0. The van der Waals surface area contributed by atoms with Crippen molar-refractivity contribution in [3.8, 4) is 0 Å². The lowest BCUT2D eigenvalue weighted by Crippen LogP contribution is -2.41. The van der Waals surface area contributed by atoms with Crippen LogP contribution >= 0.6 is 23.2 Å². The van der Waals surface area contributed by atoms with Gasteiger partial charge in [-0.3, -0.25) is 0 Å². The Hall–Kier alpha value is -0.255. The standard InChI is InChI=1S/C13H18BCl2NO2/c1-12(2)13(3,4)19-14(18-12)8-5-10(15)9(7-17)11(16)6-8/h5-6H,7,17H2,1-4H3. The molecule has 104 valence electrons. The molecule has 1 aromatic carbocycles. The van der Waals surface area contributed by atoms with E-state index in [-0.39, 0.29) is 11.2 Å². The lowest BCUT2D eigenvalue weighted by Gasteiger charge is -2.32. The maximum absolute atomic E-state index is 6.18. The molecular weight excluding hydrogens is 284 g/mol. The largest absolute Gasteiger partial charge is 0.494 e. The third-order valence-corrected chi connectivity index (χ3v) is 4.57. The average Bonchev–Trinajstić information content (AvgIpc) is 2.47. The summed E-state index contributed by atoms with van der Waals surface area (Å²) < 4.78 is 11.9. The fourth-order valence-corrected chi connectivity index (χ4v) is 2.59. The monoisotopic (exact) mass is 301 g/mol. The Bertz CT molecular complexity index is 466. The van der Waals surface area contributed by atoms with Crippen molar-refractivity contribution in [1.29, 1.82) is 0 Å². The smallest absolute Gasteiger partial charge is 0.399 e. The van der Waals surface area contributed by atoms with Crippen LogP contribution in [-0.2, 0) is 15.9 Å². The van der Waals surface area contributed by atoms with Crippen LogP contribution in [0.15, 0.2) is 12.1 Å². The summed E-state index contributed by atoms with van der Waals surface area (Å²) in [5, 5.41) is 1.08. The van der Waals surface area contributed by atoms with Gasteiger partial charge < -0.3 is 15.0 Å². The molecule has 0 amide bonds.